The lowest BCUT2D eigenvalue weighted by molar-refractivity contribution is -0.384. The molecular formula is C28H30ClN5O3. The van der Waals surface area contributed by atoms with Gasteiger partial charge in [0, 0.05) is 55.8 Å². The third kappa shape index (κ3) is 5.98. The van der Waals surface area contributed by atoms with Gasteiger partial charge in [0.1, 0.15) is 18.0 Å². The molecule has 8 nitrogen and oxygen atoms in total. The summed E-state index contributed by atoms with van der Waals surface area (Å²) in [5.41, 5.74) is 3.34. The van der Waals surface area contributed by atoms with Gasteiger partial charge in [-0.25, -0.2) is 0 Å². The van der Waals surface area contributed by atoms with Crippen LogP contribution in [-0.2, 0) is 6.54 Å². The van der Waals surface area contributed by atoms with Crippen LogP contribution in [0.3, 0.4) is 0 Å². The molecule has 0 saturated carbocycles. The molecule has 0 amide bonds. The topological polar surface area (TPSA) is 82.9 Å². The van der Waals surface area contributed by atoms with Crippen molar-refractivity contribution in [2.24, 2.45) is 0 Å². The average molecular weight is 520 g/mol. The zero-order valence-electron chi connectivity index (χ0n) is 20.7. The molecule has 0 aromatic heterocycles. The Morgan fingerprint density at radius 1 is 0.973 bits per heavy atom. The fraction of sp³-hybridized carbons (Fsp3) is 0.286. The largest absolute Gasteiger partial charge is 0.489 e. The van der Waals surface area contributed by atoms with Crippen LogP contribution in [0.25, 0.3) is 11.1 Å². The lowest BCUT2D eigenvalue weighted by atomic mass is 10.0. The van der Waals surface area contributed by atoms with Gasteiger partial charge < -0.3 is 20.3 Å². The second kappa shape index (κ2) is 10.7. The van der Waals surface area contributed by atoms with Crippen LogP contribution < -0.4 is 20.3 Å². The minimum atomic E-state index is -0.440. The van der Waals surface area contributed by atoms with Crippen LogP contribution in [0.15, 0.2) is 79.1 Å². The van der Waals surface area contributed by atoms with Crippen molar-refractivity contribution >= 4 is 23.0 Å². The van der Waals surface area contributed by atoms with E-state index in [4.69, 9.17) is 16.3 Å². The third-order valence-electron chi connectivity index (χ3n) is 6.82. The van der Waals surface area contributed by atoms with Gasteiger partial charge in [0.15, 0.2) is 0 Å². The number of benzene rings is 3. The number of nitrogens with zero attached hydrogens (tertiary/aromatic N) is 3. The number of nitro groups is 1. The summed E-state index contributed by atoms with van der Waals surface area (Å²) in [4.78, 5) is 16.3. The van der Waals surface area contributed by atoms with Crippen molar-refractivity contribution in [3.8, 4) is 16.9 Å². The molecule has 3 aromatic rings. The average Bonchev–Trinajstić information content (AvgIpc) is 3.36. The van der Waals surface area contributed by atoms with Gasteiger partial charge in [0.05, 0.1) is 16.6 Å². The predicted molar refractivity (Wildman–Crippen MR) is 147 cm³/mol. The van der Waals surface area contributed by atoms with Crippen LogP contribution in [0.1, 0.15) is 12.5 Å². The number of piperazine rings is 1. The monoisotopic (exact) mass is 519 g/mol. The SMILES string of the molecule is CC1(COc2ccc(-c3ccc(N4CCN(Cc5ccc(Cl)cc5)CC4)cc3)c([N+](=O)[O-])c2)NC=CN1. The van der Waals surface area contributed by atoms with E-state index in [1.54, 1.807) is 24.5 Å². The van der Waals surface area contributed by atoms with E-state index in [9.17, 15) is 10.1 Å². The number of nitrogens with one attached hydrogen (secondary N) is 2. The first-order chi connectivity index (χ1) is 17.9. The number of ether oxygens (including phenoxy) is 1. The van der Waals surface area contributed by atoms with Crippen molar-refractivity contribution in [3.05, 3.63) is 99.8 Å². The van der Waals surface area contributed by atoms with Crippen molar-refractivity contribution in [1.82, 2.24) is 15.5 Å². The van der Waals surface area contributed by atoms with Crippen molar-refractivity contribution in [2.45, 2.75) is 19.1 Å². The van der Waals surface area contributed by atoms with Crippen LogP contribution >= 0.6 is 11.6 Å². The third-order valence-corrected chi connectivity index (χ3v) is 7.07. The van der Waals surface area contributed by atoms with Crippen LogP contribution in [0.5, 0.6) is 5.75 Å². The normalized spacial score (nSPS) is 16.8. The van der Waals surface area contributed by atoms with Gasteiger partial charge in [0.2, 0.25) is 0 Å². The zero-order valence-corrected chi connectivity index (χ0v) is 21.4. The maximum Gasteiger partial charge on any atom is 0.280 e. The van der Waals surface area contributed by atoms with Gasteiger partial charge in [-0.2, -0.15) is 0 Å². The Labute approximate surface area is 221 Å². The summed E-state index contributed by atoms with van der Waals surface area (Å²) in [5.74, 6) is 0.459. The van der Waals surface area contributed by atoms with E-state index in [1.807, 2.05) is 43.3 Å². The smallest absolute Gasteiger partial charge is 0.280 e. The maximum atomic E-state index is 11.9. The van der Waals surface area contributed by atoms with E-state index in [0.717, 1.165) is 49.0 Å². The Bertz CT molecular complexity index is 1260. The molecule has 2 N–H and O–H groups in total. The molecule has 37 heavy (non-hydrogen) atoms. The van der Waals surface area contributed by atoms with Crippen molar-refractivity contribution in [2.75, 3.05) is 37.7 Å². The number of anilines is 1. The molecule has 1 fully saturated rings. The van der Waals surface area contributed by atoms with Crippen LogP contribution in [-0.4, -0.2) is 48.3 Å². The lowest BCUT2D eigenvalue weighted by Gasteiger charge is -2.36. The molecule has 2 heterocycles. The molecular weight excluding hydrogens is 490 g/mol. The van der Waals surface area contributed by atoms with Gasteiger partial charge in [-0.1, -0.05) is 35.9 Å². The minimum absolute atomic E-state index is 0.0247. The Balaban J connectivity index is 1.22. The fourth-order valence-electron chi connectivity index (χ4n) is 4.66. The molecule has 0 unspecified atom stereocenters. The molecule has 2 aliphatic heterocycles. The van der Waals surface area contributed by atoms with Crippen LogP contribution in [0.4, 0.5) is 11.4 Å². The number of hydrogen-bond acceptors (Lipinski definition) is 7. The van der Waals surface area contributed by atoms with Gasteiger partial charge in [0.25, 0.3) is 5.69 Å². The van der Waals surface area contributed by atoms with Gasteiger partial charge >= 0.3 is 0 Å². The molecule has 0 atom stereocenters. The van der Waals surface area contributed by atoms with E-state index in [-0.39, 0.29) is 10.6 Å². The standard InChI is InChI=1S/C28H30ClN5O3/c1-28(30-12-13-31-28)20-37-25-10-11-26(27(18-25)34(35)36)22-4-8-24(9-5-22)33-16-14-32(15-17-33)19-21-2-6-23(29)7-3-21/h2-13,18,30-31H,14-17,19-20H2,1H3. The van der Waals surface area contributed by atoms with E-state index >= 15 is 0 Å². The highest BCUT2D eigenvalue weighted by Crippen LogP contribution is 2.34. The van der Waals surface area contributed by atoms with E-state index < -0.39 is 5.66 Å². The Kier molecular flexibility index (Phi) is 7.21. The summed E-state index contributed by atoms with van der Waals surface area (Å²) in [7, 11) is 0. The highest BCUT2D eigenvalue weighted by Gasteiger charge is 2.26. The van der Waals surface area contributed by atoms with Crippen molar-refractivity contribution in [1.29, 1.82) is 0 Å². The second-order valence-corrected chi connectivity index (χ2v) is 10.1. The number of rotatable bonds is 8. The van der Waals surface area contributed by atoms with Crippen LogP contribution in [0, 0.1) is 10.1 Å². The molecule has 9 heteroatoms. The lowest BCUT2D eigenvalue weighted by Crippen LogP contribution is -2.50. The summed E-state index contributed by atoms with van der Waals surface area (Å²) >= 11 is 6.00. The van der Waals surface area contributed by atoms with Crippen molar-refractivity contribution in [3.63, 3.8) is 0 Å². The fourth-order valence-corrected chi connectivity index (χ4v) is 4.79. The Morgan fingerprint density at radius 3 is 2.30 bits per heavy atom. The molecule has 3 aromatic carbocycles. The minimum Gasteiger partial charge on any atom is -0.489 e. The maximum absolute atomic E-state index is 11.9. The molecule has 2 aliphatic rings. The Morgan fingerprint density at radius 2 is 1.65 bits per heavy atom. The van der Waals surface area contributed by atoms with Gasteiger partial charge in [-0.15, -0.1) is 0 Å². The number of nitro benzene ring substituents is 1. The van der Waals surface area contributed by atoms with Gasteiger partial charge in [-0.05, 0) is 54.4 Å². The highest BCUT2D eigenvalue weighted by atomic mass is 35.5. The zero-order chi connectivity index (χ0) is 25.8. The first-order valence-electron chi connectivity index (χ1n) is 12.3. The summed E-state index contributed by atoms with van der Waals surface area (Å²) in [6.45, 7) is 6.98. The molecule has 0 aliphatic carbocycles. The Hall–Kier alpha value is -3.75. The van der Waals surface area contributed by atoms with Gasteiger partial charge in [-0.3, -0.25) is 15.0 Å². The highest BCUT2D eigenvalue weighted by molar-refractivity contribution is 6.30. The molecule has 0 bridgehead atoms. The molecule has 5 rings (SSSR count). The summed E-state index contributed by atoms with van der Waals surface area (Å²) < 4.78 is 5.84. The van der Waals surface area contributed by atoms with Crippen molar-refractivity contribution < 1.29 is 9.66 Å². The predicted octanol–water partition coefficient (Wildman–Crippen LogP) is 5.00. The molecule has 0 spiro atoms. The van der Waals surface area contributed by atoms with E-state index in [0.29, 0.717) is 17.9 Å². The summed E-state index contributed by atoms with van der Waals surface area (Å²) in [5, 5.41) is 18.9. The summed E-state index contributed by atoms with van der Waals surface area (Å²) in [6.07, 6.45) is 3.61. The van der Waals surface area contributed by atoms with E-state index in [1.165, 1.54) is 11.6 Å². The molecule has 192 valence electrons. The molecule has 0 radical (unpaired) electrons. The summed E-state index contributed by atoms with van der Waals surface area (Å²) in [6, 6.07) is 21.1. The number of hydrogen-bond donors (Lipinski definition) is 2. The molecule has 1 saturated heterocycles. The first kappa shape index (κ1) is 24.9. The van der Waals surface area contributed by atoms with Crippen LogP contribution in [0.2, 0.25) is 5.02 Å². The van der Waals surface area contributed by atoms with E-state index in [2.05, 4.69) is 32.6 Å². The first-order valence-corrected chi connectivity index (χ1v) is 12.7. The number of halogens is 1. The second-order valence-electron chi connectivity index (χ2n) is 9.62. The quantitative estimate of drug-likeness (QED) is 0.320.